The Labute approximate surface area is 154 Å². The molecule has 1 saturated heterocycles. The van der Waals surface area contributed by atoms with Gasteiger partial charge in [0.25, 0.3) is 0 Å². The fourth-order valence-corrected chi connectivity index (χ4v) is 3.11. The van der Waals surface area contributed by atoms with E-state index >= 15 is 0 Å². The van der Waals surface area contributed by atoms with Gasteiger partial charge in [-0.25, -0.2) is 0 Å². The lowest BCUT2D eigenvalue weighted by atomic mass is 9.98. The van der Waals surface area contributed by atoms with Crippen molar-refractivity contribution in [2.75, 3.05) is 18.4 Å². The average Bonchev–Trinajstić information content (AvgIpc) is 3.05. The van der Waals surface area contributed by atoms with Crippen molar-refractivity contribution in [3.63, 3.8) is 0 Å². The van der Waals surface area contributed by atoms with Crippen LogP contribution in [0.2, 0.25) is 10.0 Å². The van der Waals surface area contributed by atoms with E-state index in [9.17, 15) is 9.59 Å². The number of carbonyl (C=O) groups excluding carboxylic acids is 2. The van der Waals surface area contributed by atoms with Crippen LogP contribution in [0.1, 0.15) is 30.5 Å². The van der Waals surface area contributed by atoms with Crippen LogP contribution in [0, 0.1) is 6.92 Å². The topological polar surface area (TPSA) is 88.3 Å². The third-order valence-corrected chi connectivity index (χ3v) is 4.81. The average molecular weight is 383 g/mol. The maximum atomic E-state index is 12.5. The highest BCUT2D eigenvalue weighted by Crippen LogP contribution is 2.30. The summed E-state index contributed by atoms with van der Waals surface area (Å²) in [5.74, 6) is -0.412. The molecule has 1 aliphatic heterocycles. The molecule has 1 aromatic carbocycles. The lowest BCUT2D eigenvalue weighted by Crippen LogP contribution is -2.44. The third-order valence-electron chi connectivity index (χ3n) is 4.00. The van der Waals surface area contributed by atoms with Gasteiger partial charge in [-0.15, -0.1) is 0 Å². The van der Waals surface area contributed by atoms with Crippen LogP contribution in [0.3, 0.4) is 0 Å². The second-order valence-electron chi connectivity index (χ2n) is 5.83. The number of hydrogen-bond acceptors (Lipinski definition) is 5. The van der Waals surface area contributed by atoms with E-state index in [0.29, 0.717) is 35.5 Å². The molecule has 1 atom stereocenters. The highest BCUT2D eigenvalue weighted by atomic mass is 35.5. The molecule has 25 heavy (non-hydrogen) atoms. The number of halogens is 2. The minimum atomic E-state index is -0.758. The maximum Gasteiger partial charge on any atom is 0.313 e. The van der Waals surface area contributed by atoms with Crippen molar-refractivity contribution >= 4 is 40.7 Å². The largest absolute Gasteiger partial charge is 0.339 e. The SMILES string of the molecule is Cc1noc([C@@H]2CCCN(C(=O)C(=O)Nc3cccc(Cl)c3Cl)C2)n1. The number of anilines is 1. The molecular weight excluding hydrogens is 367 g/mol. The fraction of sp³-hybridized carbons (Fsp3) is 0.375. The summed E-state index contributed by atoms with van der Waals surface area (Å²) in [4.78, 5) is 30.4. The first-order valence-electron chi connectivity index (χ1n) is 7.80. The molecule has 2 aromatic rings. The quantitative estimate of drug-likeness (QED) is 0.806. The summed E-state index contributed by atoms with van der Waals surface area (Å²) >= 11 is 11.9. The first-order chi connectivity index (χ1) is 12.0. The van der Waals surface area contributed by atoms with E-state index in [4.69, 9.17) is 27.7 Å². The van der Waals surface area contributed by atoms with Gasteiger partial charge in [-0.3, -0.25) is 9.59 Å². The standard InChI is InChI=1S/C16H16Cl2N4O3/c1-9-19-15(25-21-9)10-4-3-7-22(8-10)16(24)14(23)20-12-6-2-5-11(17)13(12)18/h2,5-6,10H,3-4,7-8H2,1H3,(H,20,23)/t10-/m1/s1. The maximum absolute atomic E-state index is 12.5. The molecule has 2 amide bonds. The zero-order chi connectivity index (χ0) is 18.0. The number of hydrogen-bond donors (Lipinski definition) is 1. The molecule has 2 heterocycles. The molecule has 7 nitrogen and oxygen atoms in total. The second kappa shape index (κ2) is 7.41. The van der Waals surface area contributed by atoms with Gasteiger partial charge in [0.15, 0.2) is 5.82 Å². The van der Waals surface area contributed by atoms with Crippen LogP contribution in [0.5, 0.6) is 0 Å². The lowest BCUT2D eigenvalue weighted by molar-refractivity contribution is -0.144. The summed E-state index contributed by atoms with van der Waals surface area (Å²) in [6, 6.07) is 4.83. The van der Waals surface area contributed by atoms with Gasteiger partial charge in [0, 0.05) is 13.1 Å². The molecule has 1 aliphatic rings. The molecule has 0 bridgehead atoms. The monoisotopic (exact) mass is 382 g/mol. The van der Waals surface area contributed by atoms with Crippen LogP contribution < -0.4 is 5.32 Å². The van der Waals surface area contributed by atoms with Crippen LogP contribution in [-0.4, -0.2) is 39.9 Å². The molecule has 0 saturated carbocycles. The van der Waals surface area contributed by atoms with Crippen molar-refractivity contribution in [2.24, 2.45) is 0 Å². The summed E-state index contributed by atoms with van der Waals surface area (Å²) in [5, 5.41) is 6.78. The van der Waals surface area contributed by atoms with Crippen LogP contribution in [-0.2, 0) is 9.59 Å². The zero-order valence-corrected chi connectivity index (χ0v) is 15.0. The summed E-state index contributed by atoms with van der Waals surface area (Å²) in [6.45, 7) is 2.59. The van der Waals surface area contributed by atoms with E-state index in [1.54, 1.807) is 25.1 Å². The van der Waals surface area contributed by atoms with E-state index in [-0.39, 0.29) is 10.9 Å². The first kappa shape index (κ1) is 17.7. The summed E-state index contributed by atoms with van der Waals surface area (Å²) < 4.78 is 5.19. The molecule has 0 spiro atoms. The van der Waals surface area contributed by atoms with Crippen LogP contribution in [0.25, 0.3) is 0 Å². The summed E-state index contributed by atoms with van der Waals surface area (Å²) in [7, 11) is 0. The Balaban J connectivity index is 1.67. The minimum absolute atomic E-state index is 0.0681. The third kappa shape index (κ3) is 3.93. The number of rotatable bonds is 2. The van der Waals surface area contributed by atoms with Crippen LogP contribution >= 0.6 is 23.2 Å². The van der Waals surface area contributed by atoms with Crippen LogP contribution in [0.4, 0.5) is 5.69 Å². The van der Waals surface area contributed by atoms with E-state index in [0.717, 1.165) is 12.8 Å². The Morgan fingerprint density at radius 1 is 1.36 bits per heavy atom. The normalized spacial score (nSPS) is 17.4. The highest BCUT2D eigenvalue weighted by molar-refractivity contribution is 6.45. The molecule has 1 fully saturated rings. The lowest BCUT2D eigenvalue weighted by Gasteiger charge is -2.30. The number of aromatic nitrogens is 2. The number of piperidine rings is 1. The highest BCUT2D eigenvalue weighted by Gasteiger charge is 2.31. The van der Waals surface area contributed by atoms with Crippen molar-refractivity contribution in [1.29, 1.82) is 0 Å². The molecule has 0 radical (unpaired) electrons. The molecular formula is C16H16Cl2N4O3. The molecule has 3 rings (SSSR count). The van der Waals surface area contributed by atoms with Crippen molar-refractivity contribution in [1.82, 2.24) is 15.0 Å². The van der Waals surface area contributed by atoms with E-state index < -0.39 is 11.8 Å². The van der Waals surface area contributed by atoms with E-state index in [2.05, 4.69) is 15.5 Å². The Kier molecular flexibility index (Phi) is 5.24. The van der Waals surface area contributed by atoms with Gasteiger partial charge >= 0.3 is 11.8 Å². The van der Waals surface area contributed by atoms with Gasteiger partial charge in [-0.05, 0) is 31.9 Å². The zero-order valence-electron chi connectivity index (χ0n) is 13.5. The van der Waals surface area contributed by atoms with Crippen molar-refractivity contribution in [3.05, 3.63) is 40.0 Å². The first-order valence-corrected chi connectivity index (χ1v) is 8.55. The van der Waals surface area contributed by atoms with Crippen molar-refractivity contribution < 1.29 is 14.1 Å². The van der Waals surface area contributed by atoms with Gasteiger partial charge in [-0.2, -0.15) is 4.98 Å². The number of nitrogens with one attached hydrogen (secondary N) is 1. The number of benzene rings is 1. The van der Waals surface area contributed by atoms with Crippen molar-refractivity contribution in [3.8, 4) is 0 Å². The Bertz CT molecular complexity index is 808. The number of aryl methyl sites for hydroxylation is 1. The molecule has 0 unspecified atom stereocenters. The number of amides is 2. The van der Waals surface area contributed by atoms with Gasteiger partial charge in [0.2, 0.25) is 5.89 Å². The van der Waals surface area contributed by atoms with Gasteiger partial charge < -0.3 is 14.7 Å². The van der Waals surface area contributed by atoms with Crippen molar-refractivity contribution in [2.45, 2.75) is 25.7 Å². The molecule has 1 N–H and O–H groups in total. The summed E-state index contributed by atoms with van der Waals surface area (Å²) in [6.07, 6.45) is 1.58. The fourth-order valence-electron chi connectivity index (χ4n) is 2.76. The van der Waals surface area contributed by atoms with Crippen LogP contribution in [0.15, 0.2) is 22.7 Å². The Hall–Kier alpha value is -2.12. The van der Waals surface area contributed by atoms with E-state index in [1.807, 2.05) is 0 Å². The minimum Gasteiger partial charge on any atom is -0.339 e. The number of likely N-dealkylation sites (tertiary alicyclic amines) is 1. The molecule has 9 heteroatoms. The van der Waals surface area contributed by atoms with Gasteiger partial charge in [0.1, 0.15) is 0 Å². The Morgan fingerprint density at radius 3 is 2.88 bits per heavy atom. The predicted molar refractivity (Wildman–Crippen MR) is 92.7 cm³/mol. The smallest absolute Gasteiger partial charge is 0.313 e. The predicted octanol–water partition coefficient (Wildman–Crippen LogP) is 3.03. The molecule has 1 aromatic heterocycles. The van der Waals surface area contributed by atoms with Gasteiger partial charge in [-0.1, -0.05) is 34.4 Å². The second-order valence-corrected chi connectivity index (χ2v) is 6.61. The van der Waals surface area contributed by atoms with E-state index in [1.165, 1.54) is 4.90 Å². The molecule has 132 valence electrons. The number of carbonyl (C=O) groups is 2. The Morgan fingerprint density at radius 2 is 2.16 bits per heavy atom. The number of nitrogens with zero attached hydrogens (tertiary/aromatic N) is 3. The summed E-state index contributed by atoms with van der Waals surface area (Å²) in [5.41, 5.74) is 0.300. The van der Waals surface area contributed by atoms with Gasteiger partial charge in [0.05, 0.1) is 21.7 Å². The molecule has 0 aliphatic carbocycles.